The van der Waals surface area contributed by atoms with Crippen LogP contribution in [0.3, 0.4) is 0 Å². The van der Waals surface area contributed by atoms with Gasteiger partial charge in [0.25, 0.3) is 0 Å². The summed E-state index contributed by atoms with van der Waals surface area (Å²) in [7, 11) is 0. The number of halogens is 1. The van der Waals surface area contributed by atoms with Crippen LogP contribution in [0.25, 0.3) is 0 Å². The molecular weight excluding hydrogens is 236 g/mol. The number of aliphatic imine (C=N–C) groups is 1. The van der Waals surface area contributed by atoms with Crippen molar-refractivity contribution >= 4 is 17.6 Å². The van der Waals surface area contributed by atoms with Gasteiger partial charge >= 0.3 is 0 Å². The average Bonchev–Trinajstić information content (AvgIpc) is 2.20. The maximum absolute atomic E-state index is 6.17. The SMILES string of the molecule is CCC(N[C@H](C)C(C)(C)C)/C(Cl)=C\N=C(N)N. The van der Waals surface area contributed by atoms with Crippen molar-refractivity contribution in [1.29, 1.82) is 0 Å². The van der Waals surface area contributed by atoms with Gasteiger partial charge in [-0.1, -0.05) is 39.3 Å². The van der Waals surface area contributed by atoms with Gasteiger partial charge in [0, 0.05) is 18.3 Å². The molecule has 1 unspecified atom stereocenters. The van der Waals surface area contributed by atoms with Crippen LogP contribution in [0.1, 0.15) is 41.0 Å². The summed E-state index contributed by atoms with van der Waals surface area (Å²) in [6.07, 6.45) is 2.39. The second-order valence-corrected chi connectivity index (χ2v) is 5.72. The lowest BCUT2D eigenvalue weighted by Gasteiger charge is -2.31. The van der Waals surface area contributed by atoms with E-state index in [0.29, 0.717) is 11.1 Å². The van der Waals surface area contributed by atoms with Crippen molar-refractivity contribution in [1.82, 2.24) is 5.32 Å². The lowest BCUT2D eigenvalue weighted by Crippen LogP contribution is -2.43. The highest BCUT2D eigenvalue weighted by Crippen LogP contribution is 2.21. The monoisotopic (exact) mass is 260 g/mol. The van der Waals surface area contributed by atoms with E-state index in [0.717, 1.165) is 6.42 Å². The number of hydrogen-bond donors (Lipinski definition) is 3. The van der Waals surface area contributed by atoms with Gasteiger partial charge in [0.1, 0.15) is 0 Å². The molecule has 2 atom stereocenters. The van der Waals surface area contributed by atoms with E-state index in [4.69, 9.17) is 23.1 Å². The molecule has 0 radical (unpaired) electrons. The summed E-state index contributed by atoms with van der Waals surface area (Å²) in [5.74, 6) is 0.0156. The van der Waals surface area contributed by atoms with E-state index >= 15 is 0 Å². The van der Waals surface area contributed by atoms with Crippen LogP contribution < -0.4 is 16.8 Å². The minimum Gasteiger partial charge on any atom is -0.370 e. The van der Waals surface area contributed by atoms with Gasteiger partial charge in [0.2, 0.25) is 0 Å². The molecule has 0 aliphatic carbocycles. The van der Waals surface area contributed by atoms with Crippen LogP contribution in [0, 0.1) is 5.41 Å². The topological polar surface area (TPSA) is 76.4 Å². The van der Waals surface area contributed by atoms with Crippen LogP contribution >= 0.6 is 11.6 Å². The first-order valence-corrected chi connectivity index (χ1v) is 6.26. The predicted octanol–water partition coefficient (Wildman–Crippen LogP) is 2.14. The fraction of sp³-hybridized carbons (Fsp3) is 0.750. The fourth-order valence-corrected chi connectivity index (χ4v) is 1.44. The molecule has 0 bridgehead atoms. The molecule has 0 amide bonds. The summed E-state index contributed by atoms with van der Waals surface area (Å²) in [5.41, 5.74) is 10.7. The molecule has 0 aromatic carbocycles. The summed E-state index contributed by atoms with van der Waals surface area (Å²) in [6.45, 7) is 10.8. The molecule has 5 heteroatoms. The molecular formula is C12H25ClN4. The summed E-state index contributed by atoms with van der Waals surface area (Å²) in [5, 5.41) is 4.10. The number of nitrogens with two attached hydrogens (primary N) is 2. The molecule has 0 aromatic rings. The minimum absolute atomic E-state index is 0.0156. The van der Waals surface area contributed by atoms with Crippen LogP contribution in [0.5, 0.6) is 0 Å². The lowest BCUT2D eigenvalue weighted by molar-refractivity contribution is 0.271. The maximum atomic E-state index is 6.17. The van der Waals surface area contributed by atoms with Crippen molar-refractivity contribution in [2.45, 2.75) is 53.1 Å². The number of guanidine groups is 1. The van der Waals surface area contributed by atoms with Crippen LogP contribution in [0.15, 0.2) is 16.2 Å². The van der Waals surface area contributed by atoms with E-state index in [1.54, 1.807) is 0 Å². The predicted molar refractivity (Wildman–Crippen MR) is 75.9 cm³/mol. The molecule has 0 heterocycles. The van der Waals surface area contributed by atoms with Gasteiger partial charge in [-0.15, -0.1) is 0 Å². The Bertz CT molecular complexity index is 287. The molecule has 0 rings (SSSR count). The molecule has 100 valence electrons. The zero-order chi connectivity index (χ0) is 13.6. The van der Waals surface area contributed by atoms with E-state index < -0.39 is 0 Å². The molecule has 0 aliphatic heterocycles. The highest BCUT2D eigenvalue weighted by atomic mass is 35.5. The molecule has 0 saturated carbocycles. The highest BCUT2D eigenvalue weighted by Gasteiger charge is 2.23. The Morgan fingerprint density at radius 3 is 2.29 bits per heavy atom. The van der Waals surface area contributed by atoms with Crippen LogP contribution in [-0.4, -0.2) is 18.0 Å². The Morgan fingerprint density at radius 1 is 1.41 bits per heavy atom. The first-order valence-electron chi connectivity index (χ1n) is 5.88. The standard InChI is InChI=1S/C12H25ClN4/c1-6-10(9(13)7-16-11(14)15)17-8(2)12(3,4)5/h7-8,10,17H,6H2,1-5H3,(H4,14,15,16)/b9-7+/t8-,10?/m1/s1. The van der Waals surface area contributed by atoms with Gasteiger partial charge < -0.3 is 16.8 Å². The van der Waals surface area contributed by atoms with E-state index in [9.17, 15) is 0 Å². The van der Waals surface area contributed by atoms with Crippen molar-refractivity contribution in [2.24, 2.45) is 21.9 Å². The molecule has 0 spiro atoms. The summed E-state index contributed by atoms with van der Waals surface area (Å²) in [6, 6.07) is 0.419. The second-order valence-electron chi connectivity index (χ2n) is 5.28. The number of nitrogens with one attached hydrogen (secondary N) is 1. The van der Waals surface area contributed by atoms with Crippen LogP contribution in [-0.2, 0) is 0 Å². The van der Waals surface area contributed by atoms with E-state index in [-0.39, 0.29) is 17.4 Å². The van der Waals surface area contributed by atoms with Gasteiger partial charge in [-0.25, -0.2) is 4.99 Å². The fourth-order valence-electron chi connectivity index (χ4n) is 1.17. The molecule has 0 fully saturated rings. The van der Waals surface area contributed by atoms with E-state index in [1.165, 1.54) is 6.20 Å². The zero-order valence-electron chi connectivity index (χ0n) is 11.4. The van der Waals surface area contributed by atoms with Crippen LogP contribution in [0.4, 0.5) is 0 Å². The number of rotatable bonds is 5. The summed E-state index contributed by atoms with van der Waals surface area (Å²) in [4.78, 5) is 3.80. The third-order valence-electron chi connectivity index (χ3n) is 2.83. The largest absolute Gasteiger partial charge is 0.370 e. The van der Waals surface area contributed by atoms with Crippen molar-refractivity contribution in [3.8, 4) is 0 Å². The Kier molecular flexibility index (Phi) is 6.57. The Balaban J connectivity index is 4.64. The minimum atomic E-state index is 0.0156. The molecule has 0 saturated heterocycles. The van der Waals surface area contributed by atoms with Crippen LogP contribution in [0.2, 0.25) is 0 Å². The number of nitrogens with zero attached hydrogens (tertiary/aromatic N) is 1. The Morgan fingerprint density at radius 2 is 1.94 bits per heavy atom. The smallest absolute Gasteiger partial charge is 0.190 e. The highest BCUT2D eigenvalue weighted by molar-refractivity contribution is 6.30. The third-order valence-corrected chi connectivity index (χ3v) is 3.19. The number of hydrogen-bond acceptors (Lipinski definition) is 2. The molecule has 0 aliphatic rings. The van der Waals surface area contributed by atoms with E-state index in [1.807, 2.05) is 0 Å². The molecule has 4 nitrogen and oxygen atoms in total. The van der Waals surface area contributed by atoms with Gasteiger partial charge in [-0.3, -0.25) is 0 Å². The Hall–Kier alpha value is -0.740. The van der Waals surface area contributed by atoms with Crippen molar-refractivity contribution in [3.63, 3.8) is 0 Å². The molecule has 17 heavy (non-hydrogen) atoms. The van der Waals surface area contributed by atoms with Crippen molar-refractivity contribution in [3.05, 3.63) is 11.2 Å². The van der Waals surface area contributed by atoms with Crippen molar-refractivity contribution < 1.29 is 0 Å². The first-order chi connectivity index (χ1) is 7.68. The molecule has 5 N–H and O–H groups in total. The Labute approximate surface area is 109 Å². The van der Waals surface area contributed by atoms with Gasteiger partial charge in [0.15, 0.2) is 5.96 Å². The lowest BCUT2D eigenvalue weighted by atomic mass is 9.87. The average molecular weight is 261 g/mol. The van der Waals surface area contributed by atoms with Gasteiger partial charge in [0.05, 0.1) is 5.03 Å². The normalized spacial score (nSPS) is 16.5. The summed E-state index contributed by atoms with van der Waals surface area (Å²) >= 11 is 6.17. The van der Waals surface area contributed by atoms with Gasteiger partial charge in [-0.05, 0) is 18.8 Å². The maximum Gasteiger partial charge on any atom is 0.190 e. The zero-order valence-corrected chi connectivity index (χ0v) is 12.2. The summed E-state index contributed by atoms with van der Waals surface area (Å²) < 4.78 is 0. The van der Waals surface area contributed by atoms with Gasteiger partial charge in [-0.2, -0.15) is 0 Å². The quantitative estimate of drug-likeness (QED) is 0.524. The third kappa shape index (κ3) is 6.54. The van der Waals surface area contributed by atoms with E-state index in [2.05, 4.69) is 44.9 Å². The molecule has 0 aromatic heterocycles. The first kappa shape index (κ1) is 16.3. The van der Waals surface area contributed by atoms with Crippen molar-refractivity contribution in [2.75, 3.05) is 0 Å². The second kappa shape index (κ2) is 6.87.